The summed E-state index contributed by atoms with van der Waals surface area (Å²) in [4.78, 5) is 0.965. The molecule has 3 nitrogen and oxygen atoms in total. The summed E-state index contributed by atoms with van der Waals surface area (Å²) in [7, 11) is -0.789. The van der Waals surface area contributed by atoms with Crippen LogP contribution in [0.2, 0.25) is 0 Å². The number of nitrogens with one attached hydrogen (secondary N) is 1. The van der Waals surface area contributed by atoms with Crippen LogP contribution in [-0.2, 0) is 10.8 Å². The Morgan fingerprint density at radius 3 is 2.93 bits per heavy atom. The maximum Gasteiger partial charge on any atom is 0.101 e. The van der Waals surface area contributed by atoms with Crippen molar-refractivity contribution in [1.29, 1.82) is 0 Å². The molecule has 0 aliphatic carbocycles. The van der Waals surface area contributed by atoms with Gasteiger partial charge in [-0.05, 0) is 18.4 Å². The first-order chi connectivity index (χ1) is 7.09. The van der Waals surface area contributed by atoms with E-state index in [9.17, 15) is 9.32 Å². The van der Waals surface area contributed by atoms with Gasteiger partial charge in [0.2, 0.25) is 0 Å². The first-order valence-corrected chi connectivity index (χ1v) is 7.45. The van der Waals surface area contributed by atoms with E-state index in [1.807, 2.05) is 24.4 Å². The van der Waals surface area contributed by atoms with Crippen LogP contribution in [-0.4, -0.2) is 33.9 Å². The molecule has 1 heterocycles. The van der Waals surface area contributed by atoms with Gasteiger partial charge >= 0.3 is 0 Å². The SMILES string of the molecule is CC(CS(C)=O)NCC(O)c1cccs1. The van der Waals surface area contributed by atoms with Crippen LogP contribution in [0.3, 0.4) is 0 Å². The number of aliphatic hydroxyl groups is 1. The van der Waals surface area contributed by atoms with E-state index < -0.39 is 16.9 Å². The number of thiophene rings is 1. The van der Waals surface area contributed by atoms with Crippen molar-refractivity contribution >= 4 is 22.1 Å². The summed E-state index contributed by atoms with van der Waals surface area (Å²) in [5.41, 5.74) is 0. The van der Waals surface area contributed by atoms with Gasteiger partial charge in [0.1, 0.15) is 6.10 Å². The molecule has 1 aromatic rings. The highest BCUT2D eigenvalue weighted by Crippen LogP contribution is 2.17. The van der Waals surface area contributed by atoms with Crippen LogP contribution in [0, 0.1) is 0 Å². The van der Waals surface area contributed by atoms with E-state index in [2.05, 4.69) is 5.32 Å². The van der Waals surface area contributed by atoms with Gasteiger partial charge in [0, 0.05) is 40.3 Å². The minimum Gasteiger partial charge on any atom is -0.386 e. The topological polar surface area (TPSA) is 49.3 Å². The summed E-state index contributed by atoms with van der Waals surface area (Å²) in [6.07, 6.45) is 1.23. The molecular weight excluding hydrogens is 230 g/mol. The van der Waals surface area contributed by atoms with Crippen LogP contribution in [0.5, 0.6) is 0 Å². The van der Waals surface area contributed by atoms with Crippen molar-refractivity contribution in [2.24, 2.45) is 0 Å². The molecule has 0 fully saturated rings. The lowest BCUT2D eigenvalue weighted by Crippen LogP contribution is -2.34. The number of aliphatic hydroxyl groups excluding tert-OH is 1. The van der Waals surface area contributed by atoms with Crippen molar-refractivity contribution in [1.82, 2.24) is 5.32 Å². The molecule has 1 rings (SSSR count). The van der Waals surface area contributed by atoms with Crippen molar-refractivity contribution in [3.63, 3.8) is 0 Å². The lowest BCUT2D eigenvalue weighted by Gasteiger charge is -2.15. The van der Waals surface area contributed by atoms with E-state index in [1.165, 1.54) is 0 Å². The summed E-state index contributed by atoms with van der Waals surface area (Å²) >= 11 is 1.55. The highest BCUT2D eigenvalue weighted by atomic mass is 32.2. The minimum atomic E-state index is -0.789. The van der Waals surface area contributed by atoms with Crippen molar-refractivity contribution in [3.8, 4) is 0 Å². The number of hydrogen-bond donors (Lipinski definition) is 2. The highest BCUT2D eigenvalue weighted by Gasteiger charge is 2.10. The van der Waals surface area contributed by atoms with E-state index in [0.29, 0.717) is 12.3 Å². The second-order valence-corrected chi connectivity index (χ2v) is 6.04. The van der Waals surface area contributed by atoms with Gasteiger partial charge in [0.15, 0.2) is 0 Å². The van der Waals surface area contributed by atoms with Gasteiger partial charge in [0.05, 0.1) is 0 Å². The molecule has 0 amide bonds. The molecule has 3 unspecified atom stereocenters. The van der Waals surface area contributed by atoms with E-state index in [0.717, 1.165) is 4.88 Å². The molecule has 2 N–H and O–H groups in total. The summed E-state index contributed by atoms with van der Waals surface area (Å²) in [6, 6.07) is 4.01. The van der Waals surface area contributed by atoms with E-state index in [4.69, 9.17) is 0 Å². The first kappa shape index (κ1) is 12.8. The van der Waals surface area contributed by atoms with Gasteiger partial charge in [-0.15, -0.1) is 11.3 Å². The van der Waals surface area contributed by atoms with Crippen molar-refractivity contribution in [3.05, 3.63) is 22.4 Å². The second kappa shape index (κ2) is 6.37. The molecule has 0 saturated carbocycles. The van der Waals surface area contributed by atoms with Crippen LogP contribution in [0.1, 0.15) is 17.9 Å². The van der Waals surface area contributed by atoms with Crippen molar-refractivity contribution in [2.75, 3.05) is 18.6 Å². The van der Waals surface area contributed by atoms with Crippen LogP contribution in [0.4, 0.5) is 0 Å². The zero-order valence-corrected chi connectivity index (χ0v) is 10.6. The van der Waals surface area contributed by atoms with E-state index in [1.54, 1.807) is 17.6 Å². The monoisotopic (exact) mass is 247 g/mol. The van der Waals surface area contributed by atoms with Crippen LogP contribution < -0.4 is 5.32 Å². The summed E-state index contributed by atoms with van der Waals surface area (Å²) in [5.74, 6) is 0.622. The predicted octanol–water partition coefficient (Wildman–Crippen LogP) is 1.14. The fourth-order valence-electron chi connectivity index (χ4n) is 1.31. The lowest BCUT2D eigenvalue weighted by atomic mass is 10.2. The van der Waals surface area contributed by atoms with Gasteiger partial charge < -0.3 is 10.4 Å². The normalized spacial score (nSPS) is 17.3. The quantitative estimate of drug-likeness (QED) is 0.792. The third kappa shape index (κ3) is 4.88. The Hall–Kier alpha value is -0.230. The fourth-order valence-corrected chi connectivity index (χ4v) is 2.84. The Morgan fingerprint density at radius 2 is 2.40 bits per heavy atom. The summed E-state index contributed by atoms with van der Waals surface area (Å²) in [6.45, 7) is 2.49. The summed E-state index contributed by atoms with van der Waals surface area (Å²) < 4.78 is 10.9. The molecule has 0 spiro atoms. The van der Waals surface area contributed by atoms with Gasteiger partial charge in [-0.2, -0.15) is 0 Å². The Labute approximate surface area is 97.0 Å². The molecule has 5 heteroatoms. The fraction of sp³-hybridized carbons (Fsp3) is 0.600. The van der Waals surface area contributed by atoms with Crippen molar-refractivity contribution < 1.29 is 9.32 Å². The molecule has 1 aromatic heterocycles. The second-order valence-electron chi connectivity index (χ2n) is 3.58. The average molecular weight is 247 g/mol. The Morgan fingerprint density at radius 1 is 1.67 bits per heavy atom. The van der Waals surface area contributed by atoms with Crippen LogP contribution in [0.15, 0.2) is 17.5 Å². The van der Waals surface area contributed by atoms with Gasteiger partial charge in [-0.1, -0.05) is 6.07 Å². The first-order valence-electron chi connectivity index (χ1n) is 4.84. The molecule has 0 bridgehead atoms. The number of rotatable bonds is 6. The molecule has 0 radical (unpaired) electrons. The Kier molecular flexibility index (Phi) is 5.45. The number of hydrogen-bond acceptors (Lipinski definition) is 4. The standard InChI is InChI=1S/C10H17NO2S2/c1-8(7-15(2)13)11-6-9(12)10-4-3-5-14-10/h3-5,8-9,11-12H,6-7H2,1-2H3. The zero-order valence-electron chi connectivity index (χ0n) is 8.97. The Balaban J connectivity index is 2.28. The smallest absolute Gasteiger partial charge is 0.101 e. The third-order valence-corrected chi connectivity index (χ3v) is 3.96. The largest absolute Gasteiger partial charge is 0.386 e. The molecule has 0 aliphatic heterocycles. The Bertz CT molecular complexity index is 300. The minimum absolute atomic E-state index is 0.172. The van der Waals surface area contributed by atoms with Crippen LogP contribution in [0.25, 0.3) is 0 Å². The maximum atomic E-state index is 10.9. The molecule has 15 heavy (non-hydrogen) atoms. The third-order valence-electron chi connectivity index (χ3n) is 2.02. The van der Waals surface area contributed by atoms with E-state index in [-0.39, 0.29) is 6.04 Å². The summed E-state index contributed by atoms with van der Waals surface area (Å²) in [5, 5.41) is 14.9. The van der Waals surface area contributed by atoms with E-state index >= 15 is 0 Å². The predicted molar refractivity (Wildman–Crippen MR) is 65.7 cm³/mol. The van der Waals surface area contributed by atoms with Crippen LogP contribution >= 0.6 is 11.3 Å². The molecule has 0 aliphatic rings. The highest BCUT2D eigenvalue weighted by molar-refractivity contribution is 7.84. The van der Waals surface area contributed by atoms with Gasteiger partial charge in [-0.3, -0.25) is 4.21 Å². The molecule has 86 valence electrons. The lowest BCUT2D eigenvalue weighted by molar-refractivity contribution is 0.175. The maximum absolute atomic E-state index is 10.9. The van der Waals surface area contributed by atoms with Gasteiger partial charge in [0.25, 0.3) is 0 Å². The van der Waals surface area contributed by atoms with Crippen molar-refractivity contribution in [2.45, 2.75) is 19.1 Å². The molecule has 3 atom stereocenters. The molecule has 0 saturated heterocycles. The average Bonchev–Trinajstić information content (AvgIpc) is 2.65. The molecular formula is C10H17NO2S2. The zero-order chi connectivity index (χ0) is 11.3. The molecule has 0 aromatic carbocycles. The van der Waals surface area contributed by atoms with Gasteiger partial charge in [-0.25, -0.2) is 0 Å².